The van der Waals surface area contributed by atoms with Crippen LogP contribution in [0.25, 0.3) is 0 Å². The van der Waals surface area contributed by atoms with E-state index in [1.165, 1.54) is 0 Å². The predicted molar refractivity (Wildman–Crippen MR) is 77.0 cm³/mol. The van der Waals surface area contributed by atoms with Crippen molar-refractivity contribution in [1.82, 2.24) is 10.6 Å². The Hall–Kier alpha value is -1.75. The van der Waals surface area contributed by atoms with Gasteiger partial charge in [0.1, 0.15) is 11.5 Å². The molecule has 1 amide bonds. The van der Waals surface area contributed by atoms with Gasteiger partial charge in [-0.25, -0.2) is 0 Å². The van der Waals surface area contributed by atoms with Crippen molar-refractivity contribution < 1.29 is 14.3 Å². The minimum Gasteiger partial charge on any atom is -0.497 e. The highest BCUT2D eigenvalue weighted by Crippen LogP contribution is 2.28. The number of methoxy groups -OCH3 is 2. The second-order valence-electron chi connectivity index (χ2n) is 4.96. The number of benzene rings is 1. The van der Waals surface area contributed by atoms with Crippen molar-refractivity contribution in [2.75, 3.05) is 27.3 Å². The standard InChI is InChI=1S/C15H22N2O3/c1-19-13-7-11(8-14(9-13)20-2)10-16-5-6-17-15(18)12-3-4-12/h7-9,12,16H,3-6,10H2,1-2H3,(H,17,18). The smallest absolute Gasteiger partial charge is 0.223 e. The lowest BCUT2D eigenvalue weighted by molar-refractivity contribution is -0.122. The average molecular weight is 278 g/mol. The SMILES string of the molecule is COc1cc(CNCCNC(=O)C2CC2)cc(OC)c1. The first-order chi connectivity index (χ1) is 9.72. The van der Waals surface area contributed by atoms with Crippen LogP contribution in [0.15, 0.2) is 18.2 Å². The summed E-state index contributed by atoms with van der Waals surface area (Å²) < 4.78 is 10.4. The van der Waals surface area contributed by atoms with Crippen LogP contribution in [0.5, 0.6) is 11.5 Å². The van der Waals surface area contributed by atoms with Crippen LogP contribution in [0, 0.1) is 5.92 Å². The first-order valence-corrected chi connectivity index (χ1v) is 6.93. The van der Waals surface area contributed by atoms with Gasteiger partial charge in [0, 0.05) is 31.6 Å². The first kappa shape index (κ1) is 14.7. The molecule has 5 heteroatoms. The summed E-state index contributed by atoms with van der Waals surface area (Å²) in [6.07, 6.45) is 2.09. The maximum absolute atomic E-state index is 11.4. The second kappa shape index (κ2) is 7.14. The third-order valence-electron chi connectivity index (χ3n) is 3.29. The number of hydrogen-bond acceptors (Lipinski definition) is 4. The number of ether oxygens (including phenoxy) is 2. The molecule has 1 fully saturated rings. The lowest BCUT2D eigenvalue weighted by Gasteiger charge is -2.10. The van der Waals surface area contributed by atoms with Gasteiger partial charge in [0.25, 0.3) is 0 Å². The molecule has 0 atom stereocenters. The quantitative estimate of drug-likeness (QED) is 0.704. The van der Waals surface area contributed by atoms with E-state index in [9.17, 15) is 4.79 Å². The van der Waals surface area contributed by atoms with E-state index in [0.717, 1.165) is 36.4 Å². The van der Waals surface area contributed by atoms with Crippen LogP contribution in [-0.4, -0.2) is 33.2 Å². The highest BCUT2D eigenvalue weighted by Gasteiger charge is 2.28. The van der Waals surface area contributed by atoms with Crippen LogP contribution in [0.4, 0.5) is 0 Å². The molecule has 0 radical (unpaired) electrons. The molecular weight excluding hydrogens is 256 g/mol. The molecule has 0 bridgehead atoms. The molecule has 1 aromatic rings. The Labute approximate surface area is 119 Å². The zero-order chi connectivity index (χ0) is 14.4. The summed E-state index contributed by atoms with van der Waals surface area (Å²) in [5.41, 5.74) is 1.09. The Morgan fingerprint density at radius 3 is 2.35 bits per heavy atom. The van der Waals surface area contributed by atoms with Gasteiger partial charge in [-0.3, -0.25) is 4.79 Å². The fourth-order valence-corrected chi connectivity index (χ4v) is 1.97. The van der Waals surface area contributed by atoms with E-state index in [4.69, 9.17) is 9.47 Å². The molecule has 0 aliphatic heterocycles. The molecule has 0 saturated heterocycles. The second-order valence-corrected chi connectivity index (χ2v) is 4.96. The van der Waals surface area contributed by atoms with E-state index >= 15 is 0 Å². The zero-order valence-corrected chi connectivity index (χ0v) is 12.1. The van der Waals surface area contributed by atoms with Crippen molar-refractivity contribution in [3.8, 4) is 11.5 Å². The van der Waals surface area contributed by atoms with E-state index in [2.05, 4.69) is 10.6 Å². The van der Waals surface area contributed by atoms with Crippen LogP contribution < -0.4 is 20.1 Å². The van der Waals surface area contributed by atoms with Crippen LogP contribution >= 0.6 is 0 Å². The molecule has 1 aliphatic rings. The molecule has 1 aromatic carbocycles. The Balaban J connectivity index is 1.71. The van der Waals surface area contributed by atoms with Crippen LogP contribution in [0.1, 0.15) is 18.4 Å². The first-order valence-electron chi connectivity index (χ1n) is 6.93. The number of rotatable bonds is 8. The molecule has 0 heterocycles. The topological polar surface area (TPSA) is 59.6 Å². The van der Waals surface area contributed by atoms with Gasteiger partial charge in [-0.05, 0) is 30.5 Å². The van der Waals surface area contributed by atoms with Crippen LogP contribution in [-0.2, 0) is 11.3 Å². The summed E-state index contributed by atoms with van der Waals surface area (Å²) in [7, 11) is 3.28. The van der Waals surface area contributed by atoms with Crippen molar-refractivity contribution in [2.45, 2.75) is 19.4 Å². The lowest BCUT2D eigenvalue weighted by Crippen LogP contribution is -2.32. The van der Waals surface area contributed by atoms with Gasteiger partial charge < -0.3 is 20.1 Å². The Morgan fingerprint density at radius 2 is 1.80 bits per heavy atom. The molecule has 0 aromatic heterocycles. The minimum absolute atomic E-state index is 0.190. The van der Waals surface area contributed by atoms with Crippen molar-refractivity contribution in [2.24, 2.45) is 5.92 Å². The average Bonchev–Trinajstić information content (AvgIpc) is 3.31. The summed E-state index contributed by atoms with van der Waals surface area (Å²) in [6, 6.07) is 5.79. The number of amides is 1. The van der Waals surface area contributed by atoms with Crippen molar-refractivity contribution in [1.29, 1.82) is 0 Å². The number of carbonyl (C=O) groups is 1. The van der Waals surface area contributed by atoms with Gasteiger partial charge in [0.05, 0.1) is 14.2 Å². The maximum atomic E-state index is 11.4. The van der Waals surface area contributed by atoms with Gasteiger partial charge in [0.15, 0.2) is 0 Å². The van der Waals surface area contributed by atoms with E-state index in [1.807, 2.05) is 18.2 Å². The van der Waals surface area contributed by atoms with Gasteiger partial charge in [0.2, 0.25) is 5.91 Å². The van der Waals surface area contributed by atoms with Gasteiger partial charge in [-0.2, -0.15) is 0 Å². The summed E-state index contributed by atoms with van der Waals surface area (Å²) in [6.45, 7) is 2.13. The van der Waals surface area contributed by atoms with Crippen molar-refractivity contribution in [3.63, 3.8) is 0 Å². The monoisotopic (exact) mass is 278 g/mol. The minimum atomic E-state index is 0.190. The van der Waals surface area contributed by atoms with Crippen LogP contribution in [0.2, 0.25) is 0 Å². The molecule has 0 spiro atoms. The molecule has 5 nitrogen and oxygen atoms in total. The molecule has 20 heavy (non-hydrogen) atoms. The van der Waals surface area contributed by atoms with Crippen molar-refractivity contribution >= 4 is 5.91 Å². The Morgan fingerprint density at radius 1 is 1.15 bits per heavy atom. The number of nitrogens with one attached hydrogen (secondary N) is 2. The normalized spacial score (nSPS) is 13.9. The van der Waals surface area contributed by atoms with Gasteiger partial charge in [-0.15, -0.1) is 0 Å². The molecule has 110 valence electrons. The molecule has 0 unspecified atom stereocenters. The highest BCUT2D eigenvalue weighted by atomic mass is 16.5. The fraction of sp³-hybridized carbons (Fsp3) is 0.533. The Bertz CT molecular complexity index is 436. The maximum Gasteiger partial charge on any atom is 0.223 e. The summed E-state index contributed by atoms with van der Waals surface area (Å²) >= 11 is 0. The molecule has 1 aliphatic carbocycles. The number of carbonyl (C=O) groups excluding carboxylic acids is 1. The highest BCUT2D eigenvalue weighted by molar-refractivity contribution is 5.80. The van der Waals surface area contributed by atoms with E-state index in [0.29, 0.717) is 13.1 Å². The van der Waals surface area contributed by atoms with Gasteiger partial charge in [-0.1, -0.05) is 0 Å². The zero-order valence-electron chi connectivity index (χ0n) is 12.1. The third kappa shape index (κ3) is 4.42. The predicted octanol–water partition coefficient (Wildman–Crippen LogP) is 1.32. The summed E-state index contributed by atoms with van der Waals surface area (Å²) in [5, 5.41) is 6.22. The van der Waals surface area contributed by atoms with Gasteiger partial charge >= 0.3 is 0 Å². The Kier molecular flexibility index (Phi) is 5.24. The van der Waals surface area contributed by atoms with E-state index < -0.39 is 0 Å². The molecule has 2 rings (SSSR count). The molecule has 2 N–H and O–H groups in total. The fourth-order valence-electron chi connectivity index (χ4n) is 1.97. The van der Waals surface area contributed by atoms with Crippen molar-refractivity contribution in [3.05, 3.63) is 23.8 Å². The van der Waals surface area contributed by atoms with E-state index in [-0.39, 0.29) is 11.8 Å². The summed E-state index contributed by atoms with van der Waals surface area (Å²) in [5.74, 6) is 2.03. The molecule has 1 saturated carbocycles. The van der Waals surface area contributed by atoms with Crippen LogP contribution in [0.3, 0.4) is 0 Å². The number of hydrogen-bond donors (Lipinski definition) is 2. The largest absolute Gasteiger partial charge is 0.497 e. The molecular formula is C15H22N2O3. The van der Waals surface area contributed by atoms with E-state index in [1.54, 1.807) is 14.2 Å². The lowest BCUT2D eigenvalue weighted by atomic mass is 10.2. The third-order valence-corrected chi connectivity index (χ3v) is 3.29. The summed E-state index contributed by atoms with van der Waals surface area (Å²) in [4.78, 5) is 11.4.